The molecule has 1 fully saturated rings. The number of pyridine rings is 2. The van der Waals surface area contributed by atoms with Crippen LogP contribution < -0.4 is 9.62 Å². The lowest BCUT2D eigenvalue weighted by Gasteiger charge is -2.28. The Balaban J connectivity index is 1.36. The lowest BCUT2D eigenvalue weighted by atomic mass is 10.1. The lowest BCUT2D eigenvalue weighted by molar-refractivity contribution is 0.102. The first-order valence-corrected chi connectivity index (χ1v) is 12.1. The molecule has 2 aromatic heterocycles. The summed E-state index contributed by atoms with van der Waals surface area (Å²) in [5, 5.41) is 13.2. The van der Waals surface area contributed by atoms with Gasteiger partial charge in [-0.3, -0.25) is 9.78 Å². The van der Waals surface area contributed by atoms with E-state index in [9.17, 15) is 18.3 Å². The number of carbonyl (C=O) groups is 1. The second kappa shape index (κ2) is 8.73. The highest BCUT2D eigenvalue weighted by molar-refractivity contribution is 7.92. The zero-order valence-electron chi connectivity index (χ0n) is 17.9. The van der Waals surface area contributed by atoms with Crippen LogP contribution >= 0.6 is 0 Å². The number of nitrogens with one attached hydrogen (secondary N) is 1. The summed E-state index contributed by atoms with van der Waals surface area (Å²) in [5.74, 6) is -0.430. The van der Waals surface area contributed by atoms with E-state index in [4.69, 9.17) is 4.74 Å². The molecule has 1 aliphatic heterocycles. The van der Waals surface area contributed by atoms with Crippen molar-refractivity contribution in [2.24, 2.45) is 0 Å². The summed E-state index contributed by atoms with van der Waals surface area (Å²) in [7, 11) is -3.43. The minimum Gasteiger partial charge on any atom is -0.507 e. The van der Waals surface area contributed by atoms with Crippen LogP contribution in [0.15, 0.2) is 72.9 Å². The Morgan fingerprint density at radius 2 is 1.85 bits per heavy atom. The number of rotatable bonds is 4. The molecule has 5 rings (SSSR count). The molecule has 1 amide bonds. The normalized spacial score (nSPS) is 15.2. The maximum absolute atomic E-state index is 12.8. The summed E-state index contributed by atoms with van der Waals surface area (Å²) < 4.78 is 30.9. The van der Waals surface area contributed by atoms with Crippen LogP contribution in [0.25, 0.3) is 22.3 Å². The van der Waals surface area contributed by atoms with Crippen LogP contribution in [0, 0.1) is 0 Å². The number of carbonyl (C=O) groups excluding carboxylic acids is 1. The van der Waals surface area contributed by atoms with Crippen LogP contribution in [0.4, 0.5) is 11.4 Å². The summed E-state index contributed by atoms with van der Waals surface area (Å²) in [6.45, 7) is 0.114. The van der Waals surface area contributed by atoms with E-state index < -0.39 is 10.0 Å². The fraction of sp³-hybridized carbons (Fsp3) is 0.125. The van der Waals surface area contributed by atoms with E-state index in [1.807, 2.05) is 12.1 Å². The molecule has 0 atom stereocenters. The minimum atomic E-state index is -3.43. The number of ether oxygens (including phenoxy) is 1. The first-order chi connectivity index (χ1) is 16.4. The number of hydrogen-bond donors (Lipinski definition) is 2. The number of aromatic nitrogens is 2. The molecule has 0 saturated carbocycles. The van der Waals surface area contributed by atoms with Crippen LogP contribution in [-0.2, 0) is 14.8 Å². The maximum Gasteiger partial charge on any atom is 0.255 e. The Morgan fingerprint density at radius 1 is 1.03 bits per heavy atom. The van der Waals surface area contributed by atoms with Crippen molar-refractivity contribution < 1.29 is 23.1 Å². The van der Waals surface area contributed by atoms with Crippen LogP contribution in [0.2, 0.25) is 0 Å². The number of fused-ring (bicyclic) bond motifs is 1. The monoisotopic (exact) mass is 476 g/mol. The van der Waals surface area contributed by atoms with E-state index in [0.717, 1.165) is 5.52 Å². The van der Waals surface area contributed by atoms with E-state index in [-0.39, 0.29) is 30.7 Å². The van der Waals surface area contributed by atoms with Gasteiger partial charge in [0, 0.05) is 23.0 Å². The quantitative estimate of drug-likeness (QED) is 0.433. The van der Waals surface area contributed by atoms with E-state index >= 15 is 0 Å². The fourth-order valence-electron chi connectivity index (χ4n) is 3.65. The number of aromatic hydroxyl groups is 1. The molecule has 1 saturated heterocycles. The number of hydrogen-bond acceptors (Lipinski definition) is 7. The number of nitrogens with zero attached hydrogens (tertiary/aromatic N) is 3. The number of anilines is 2. The van der Waals surface area contributed by atoms with Crippen molar-refractivity contribution in [1.29, 1.82) is 0 Å². The van der Waals surface area contributed by atoms with E-state index in [2.05, 4.69) is 15.3 Å². The van der Waals surface area contributed by atoms with Crippen molar-refractivity contribution in [3.63, 3.8) is 0 Å². The van der Waals surface area contributed by atoms with Gasteiger partial charge in [-0.1, -0.05) is 0 Å². The number of phenols is 1. The highest BCUT2D eigenvalue weighted by Crippen LogP contribution is 2.31. The number of sulfonamides is 1. The van der Waals surface area contributed by atoms with Crippen LogP contribution in [-0.4, -0.2) is 48.5 Å². The van der Waals surface area contributed by atoms with Crippen LogP contribution in [0.3, 0.4) is 0 Å². The second-order valence-electron chi connectivity index (χ2n) is 7.67. The molecule has 1 aliphatic rings. The van der Waals surface area contributed by atoms with Gasteiger partial charge in [-0.25, -0.2) is 17.7 Å². The summed E-state index contributed by atoms with van der Waals surface area (Å²) in [5.41, 5.74) is 3.70. The highest BCUT2D eigenvalue weighted by atomic mass is 32.2. The van der Waals surface area contributed by atoms with Crippen LogP contribution in [0.5, 0.6) is 5.75 Å². The predicted octanol–water partition coefficient (Wildman–Crippen LogP) is 3.38. The van der Waals surface area contributed by atoms with Crippen molar-refractivity contribution in [2.75, 3.05) is 28.7 Å². The Morgan fingerprint density at radius 3 is 2.65 bits per heavy atom. The predicted molar refractivity (Wildman–Crippen MR) is 128 cm³/mol. The average molecular weight is 477 g/mol. The van der Waals surface area contributed by atoms with Crippen molar-refractivity contribution in [2.45, 2.75) is 0 Å². The molecule has 0 spiro atoms. The van der Waals surface area contributed by atoms with Gasteiger partial charge in [0.1, 0.15) is 12.5 Å². The van der Waals surface area contributed by atoms with E-state index in [0.29, 0.717) is 33.7 Å². The van der Waals surface area contributed by atoms with Gasteiger partial charge in [-0.05, 0) is 66.7 Å². The third-order valence-corrected chi connectivity index (χ3v) is 7.10. The Labute approximate surface area is 195 Å². The standard InChI is InChI=1S/C24H20N4O5S/c29-23-10-5-17(14-19(23)20-8-9-21-22(27-20)2-1-11-25-21)26-24(30)16-3-6-18(7-4-16)28-15-33-12-13-34(28,31)32/h1-11,14,29H,12-13,15H2,(H,26,30). The molecule has 9 nitrogen and oxygen atoms in total. The third-order valence-electron chi connectivity index (χ3n) is 5.43. The van der Waals surface area contributed by atoms with Gasteiger partial charge in [-0.2, -0.15) is 0 Å². The molecule has 10 heteroatoms. The topological polar surface area (TPSA) is 122 Å². The first kappa shape index (κ1) is 21.8. The number of phenolic OH excluding ortho intramolecular Hbond substituents is 1. The highest BCUT2D eigenvalue weighted by Gasteiger charge is 2.26. The zero-order chi connectivity index (χ0) is 23.7. The maximum atomic E-state index is 12.8. The molecular weight excluding hydrogens is 456 g/mol. The summed E-state index contributed by atoms with van der Waals surface area (Å²) in [4.78, 5) is 21.6. The van der Waals surface area contributed by atoms with Crippen molar-refractivity contribution in [1.82, 2.24) is 9.97 Å². The van der Waals surface area contributed by atoms with Crippen molar-refractivity contribution >= 4 is 38.3 Å². The Bertz CT molecular complexity index is 1490. The van der Waals surface area contributed by atoms with Gasteiger partial charge < -0.3 is 15.2 Å². The van der Waals surface area contributed by atoms with Gasteiger partial charge in [-0.15, -0.1) is 0 Å². The second-order valence-corrected chi connectivity index (χ2v) is 9.69. The van der Waals surface area contributed by atoms with Crippen molar-refractivity contribution in [3.05, 3.63) is 78.5 Å². The van der Waals surface area contributed by atoms with E-state index in [1.165, 1.54) is 10.4 Å². The van der Waals surface area contributed by atoms with Gasteiger partial charge in [0.25, 0.3) is 5.91 Å². The molecule has 2 aromatic carbocycles. The lowest BCUT2D eigenvalue weighted by Crippen LogP contribution is -2.41. The molecule has 172 valence electrons. The summed E-state index contributed by atoms with van der Waals surface area (Å²) >= 11 is 0. The van der Waals surface area contributed by atoms with Gasteiger partial charge >= 0.3 is 0 Å². The molecule has 3 heterocycles. The number of amides is 1. The summed E-state index contributed by atoms with van der Waals surface area (Å²) in [6, 6.07) is 18.1. The van der Waals surface area contributed by atoms with Gasteiger partial charge in [0.2, 0.25) is 10.0 Å². The smallest absolute Gasteiger partial charge is 0.255 e. The largest absolute Gasteiger partial charge is 0.507 e. The van der Waals surface area contributed by atoms with Gasteiger partial charge in [0.05, 0.1) is 34.8 Å². The SMILES string of the molecule is O=C(Nc1ccc(O)c(-c2ccc3ncccc3n2)c1)c1ccc(N2COCCS2(=O)=O)cc1. The molecular formula is C24H20N4O5S. The number of benzene rings is 2. The molecule has 0 radical (unpaired) electrons. The molecule has 0 unspecified atom stereocenters. The molecule has 34 heavy (non-hydrogen) atoms. The van der Waals surface area contributed by atoms with E-state index in [1.54, 1.807) is 54.7 Å². The Hall–Kier alpha value is -4.02. The molecule has 0 bridgehead atoms. The average Bonchev–Trinajstić information content (AvgIpc) is 2.85. The first-order valence-electron chi connectivity index (χ1n) is 10.5. The molecule has 2 N–H and O–H groups in total. The molecule has 4 aromatic rings. The minimum absolute atomic E-state index is 0.0306. The van der Waals surface area contributed by atoms with Gasteiger partial charge in [0.15, 0.2) is 0 Å². The Kier molecular flexibility index (Phi) is 5.60. The fourth-order valence-corrected chi connectivity index (χ4v) is 4.87. The van der Waals surface area contributed by atoms with Crippen molar-refractivity contribution in [3.8, 4) is 17.0 Å². The zero-order valence-corrected chi connectivity index (χ0v) is 18.7. The molecule has 0 aliphatic carbocycles. The van der Waals surface area contributed by atoms with Crippen LogP contribution in [0.1, 0.15) is 10.4 Å². The summed E-state index contributed by atoms with van der Waals surface area (Å²) in [6.07, 6.45) is 1.68. The third kappa shape index (κ3) is 4.28.